The van der Waals surface area contributed by atoms with Crippen LogP contribution in [0.5, 0.6) is 0 Å². The second kappa shape index (κ2) is 5.21. The monoisotopic (exact) mass is 269 g/mol. The zero-order chi connectivity index (χ0) is 13.9. The fourth-order valence-electron chi connectivity index (χ4n) is 2.44. The van der Waals surface area contributed by atoms with Gasteiger partial charge in [0.05, 0.1) is 4.92 Å². The molecular formula is C15H15N3O2. The largest absolute Gasteiger partial charge is 0.383 e. The van der Waals surface area contributed by atoms with E-state index >= 15 is 0 Å². The van der Waals surface area contributed by atoms with Crippen molar-refractivity contribution in [2.45, 2.75) is 12.5 Å². The van der Waals surface area contributed by atoms with Crippen LogP contribution in [0, 0.1) is 10.1 Å². The maximum atomic E-state index is 10.6. The molecule has 20 heavy (non-hydrogen) atoms. The Hall–Kier alpha value is -2.56. The van der Waals surface area contributed by atoms with E-state index in [2.05, 4.69) is 22.8 Å². The molecule has 1 aliphatic rings. The van der Waals surface area contributed by atoms with E-state index in [1.807, 2.05) is 12.1 Å². The van der Waals surface area contributed by atoms with E-state index in [-0.39, 0.29) is 10.6 Å². The third-order valence-electron chi connectivity index (χ3n) is 3.47. The number of nitrogens with zero attached hydrogens (tertiary/aromatic N) is 1. The van der Waals surface area contributed by atoms with Crippen molar-refractivity contribution in [1.82, 2.24) is 0 Å². The van der Waals surface area contributed by atoms with Crippen molar-refractivity contribution in [3.63, 3.8) is 0 Å². The first kappa shape index (κ1) is 12.5. The summed E-state index contributed by atoms with van der Waals surface area (Å²) in [6.45, 7) is 0.784. The summed E-state index contributed by atoms with van der Waals surface area (Å²) >= 11 is 0. The van der Waals surface area contributed by atoms with Gasteiger partial charge in [0.25, 0.3) is 5.69 Å². The molecule has 0 saturated carbocycles. The molecule has 0 aliphatic carbocycles. The highest BCUT2D eigenvalue weighted by molar-refractivity contribution is 5.57. The lowest BCUT2D eigenvalue weighted by Gasteiger charge is -2.13. The fourth-order valence-corrected chi connectivity index (χ4v) is 2.44. The van der Waals surface area contributed by atoms with Gasteiger partial charge in [-0.25, -0.2) is 0 Å². The summed E-state index contributed by atoms with van der Waals surface area (Å²) in [4.78, 5) is 10.2. The van der Waals surface area contributed by atoms with E-state index in [4.69, 9.17) is 0 Å². The zero-order valence-corrected chi connectivity index (χ0v) is 10.9. The zero-order valence-electron chi connectivity index (χ0n) is 10.9. The second-order valence-electron chi connectivity index (χ2n) is 4.89. The molecule has 0 radical (unpaired) electrons. The Morgan fingerprint density at radius 1 is 1.20 bits per heavy atom. The van der Waals surface area contributed by atoms with Crippen LogP contribution in [0.2, 0.25) is 0 Å². The summed E-state index contributed by atoms with van der Waals surface area (Å²) in [6.07, 6.45) is 0.996. The van der Waals surface area contributed by atoms with Crippen molar-refractivity contribution in [2.75, 3.05) is 17.2 Å². The van der Waals surface area contributed by atoms with Gasteiger partial charge in [-0.05, 0) is 30.2 Å². The molecule has 2 aromatic carbocycles. The number of para-hydroxylation sites is 1. The van der Waals surface area contributed by atoms with E-state index in [0.29, 0.717) is 6.04 Å². The van der Waals surface area contributed by atoms with Crippen molar-refractivity contribution in [3.8, 4) is 0 Å². The van der Waals surface area contributed by atoms with Gasteiger partial charge in [-0.1, -0.05) is 18.2 Å². The highest BCUT2D eigenvalue weighted by Gasteiger charge is 2.19. The molecule has 1 heterocycles. The highest BCUT2D eigenvalue weighted by Crippen LogP contribution is 2.25. The second-order valence-corrected chi connectivity index (χ2v) is 4.89. The predicted octanol–water partition coefficient (Wildman–Crippen LogP) is 3.04. The molecule has 0 unspecified atom stereocenters. The van der Waals surface area contributed by atoms with Crippen LogP contribution >= 0.6 is 0 Å². The number of rotatable bonds is 4. The number of nitro groups is 1. The van der Waals surface area contributed by atoms with Crippen LogP contribution < -0.4 is 10.6 Å². The number of hydrogen-bond acceptors (Lipinski definition) is 4. The van der Waals surface area contributed by atoms with Crippen LogP contribution in [-0.4, -0.2) is 17.5 Å². The molecule has 0 fully saturated rings. The van der Waals surface area contributed by atoms with Gasteiger partial charge >= 0.3 is 0 Å². The van der Waals surface area contributed by atoms with Crippen molar-refractivity contribution >= 4 is 17.1 Å². The molecule has 2 aromatic rings. The lowest BCUT2D eigenvalue weighted by molar-refractivity contribution is -0.384. The van der Waals surface area contributed by atoms with Crippen molar-refractivity contribution in [3.05, 3.63) is 64.2 Å². The lowest BCUT2D eigenvalue weighted by atomic mass is 10.1. The average Bonchev–Trinajstić information content (AvgIpc) is 2.88. The summed E-state index contributed by atoms with van der Waals surface area (Å²) < 4.78 is 0. The maximum absolute atomic E-state index is 10.6. The van der Waals surface area contributed by atoms with E-state index < -0.39 is 0 Å². The van der Waals surface area contributed by atoms with Gasteiger partial charge in [0.15, 0.2) is 0 Å². The van der Waals surface area contributed by atoms with Crippen molar-refractivity contribution < 1.29 is 4.92 Å². The van der Waals surface area contributed by atoms with Crippen LogP contribution in [0.4, 0.5) is 17.1 Å². The molecule has 5 heteroatoms. The van der Waals surface area contributed by atoms with Crippen molar-refractivity contribution in [1.29, 1.82) is 0 Å². The quantitative estimate of drug-likeness (QED) is 0.661. The molecule has 0 bridgehead atoms. The molecule has 1 aliphatic heterocycles. The number of hydrogen-bond donors (Lipinski definition) is 2. The highest BCUT2D eigenvalue weighted by atomic mass is 16.6. The van der Waals surface area contributed by atoms with Gasteiger partial charge in [-0.15, -0.1) is 0 Å². The predicted molar refractivity (Wildman–Crippen MR) is 79.1 cm³/mol. The Morgan fingerprint density at radius 2 is 1.95 bits per heavy atom. The average molecular weight is 269 g/mol. The summed E-state index contributed by atoms with van der Waals surface area (Å²) in [5, 5.41) is 17.3. The van der Waals surface area contributed by atoms with Crippen LogP contribution in [-0.2, 0) is 6.42 Å². The minimum absolute atomic E-state index is 0.113. The van der Waals surface area contributed by atoms with Gasteiger partial charge in [-0.2, -0.15) is 0 Å². The molecule has 2 N–H and O–H groups in total. The van der Waals surface area contributed by atoms with Crippen LogP contribution in [0.3, 0.4) is 0 Å². The van der Waals surface area contributed by atoms with E-state index in [9.17, 15) is 10.1 Å². The summed E-state index contributed by atoms with van der Waals surface area (Å²) in [5.74, 6) is 0. The molecule has 0 spiro atoms. The summed E-state index contributed by atoms with van der Waals surface area (Å²) in [5.41, 5.74) is 3.54. The minimum Gasteiger partial charge on any atom is -0.383 e. The Balaban J connectivity index is 1.57. The number of nitro benzene ring substituents is 1. The molecule has 0 amide bonds. The van der Waals surface area contributed by atoms with Crippen LogP contribution in [0.15, 0.2) is 48.5 Å². The smallest absolute Gasteiger partial charge is 0.269 e. The summed E-state index contributed by atoms with van der Waals surface area (Å²) in [7, 11) is 0. The Bertz CT molecular complexity index is 600. The minimum atomic E-state index is -0.390. The third kappa shape index (κ3) is 2.56. The van der Waals surface area contributed by atoms with Gasteiger partial charge in [0.1, 0.15) is 0 Å². The molecule has 0 aromatic heterocycles. The Morgan fingerprint density at radius 3 is 2.65 bits per heavy atom. The number of anilines is 2. The molecule has 5 nitrogen and oxygen atoms in total. The Labute approximate surface area is 116 Å². The lowest BCUT2D eigenvalue weighted by Crippen LogP contribution is -2.25. The number of fused-ring (bicyclic) bond motifs is 1. The SMILES string of the molecule is O=[N+]([O-])c1ccc(NC[C@@H]2Cc3ccccc3N2)cc1. The molecule has 3 rings (SSSR count). The van der Waals surface area contributed by atoms with Gasteiger partial charge in [0.2, 0.25) is 0 Å². The number of nitrogens with one attached hydrogen (secondary N) is 2. The maximum Gasteiger partial charge on any atom is 0.269 e. The van der Waals surface area contributed by atoms with Gasteiger partial charge < -0.3 is 10.6 Å². The fraction of sp³-hybridized carbons (Fsp3) is 0.200. The van der Waals surface area contributed by atoms with E-state index in [1.165, 1.54) is 23.4 Å². The standard InChI is InChI=1S/C15H15N3O2/c19-18(20)14-7-5-12(6-8-14)16-10-13-9-11-3-1-2-4-15(11)17-13/h1-8,13,16-17H,9-10H2/t13-/m0/s1. The van der Waals surface area contributed by atoms with Crippen LogP contribution in [0.1, 0.15) is 5.56 Å². The third-order valence-corrected chi connectivity index (χ3v) is 3.47. The first-order chi connectivity index (χ1) is 9.72. The van der Waals surface area contributed by atoms with Crippen molar-refractivity contribution in [2.24, 2.45) is 0 Å². The Kier molecular flexibility index (Phi) is 3.25. The first-order valence-electron chi connectivity index (χ1n) is 6.55. The molecule has 102 valence electrons. The van der Waals surface area contributed by atoms with E-state index in [1.54, 1.807) is 12.1 Å². The van der Waals surface area contributed by atoms with Gasteiger partial charge in [0, 0.05) is 36.1 Å². The molecule has 1 atom stereocenters. The van der Waals surface area contributed by atoms with E-state index in [0.717, 1.165) is 18.7 Å². The topological polar surface area (TPSA) is 67.2 Å². The van der Waals surface area contributed by atoms with Crippen LogP contribution in [0.25, 0.3) is 0 Å². The number of benzene rings is 2. The first-order valence-corrected chi connectivity index (χ1v) is 6.55. The molecule has 0 saturated heterocycles. The van der Waals surface area contributed by atoms with Gasteiger partial charge in [-0.3, -0.25) is 10.1 Å². The molecular weight excluding hydrogens is 254 g/mol. The normalized spacial score (nSPS) is 16.3. The summed E-state index contributed by atoms with van der Waals surface area (Å²) in [6, 6.07) is 15.1. The number of non-ortho nitro benzene ring substituents is 1.